The first-order valence-corrected chi connectivity index (χ1v) is 15.5. The largest absolute Gasteiger partial charge is 0.497 e. The molecule has 0 saturated carbocycles. The smallest absolute Gasteiger partial charge is 0.324 e. The quantitative estimate of drug-likeness (QED) is 0.0945. The zero-order chi connectivity index (χ0) is 31.6. The number of carbonyl (C=O) groups is 2. The number of carbonyl (C=O) groups excluding carboxylic acids is 2. The molecule has 0 bridgehead atoms. The summed E-state index contributed by atoms with van der Waals surface area (Å²) in [7, 11) is 3.03. The van der Waals surface area contributed by atoms with Crippen LogP contribution in [0.5, 0.6) is 11.5 Å². The van der Waals surface area contributed by atoms with Crippen LogP contribution in [0.3, 0.4) is 0 Å². The van der Waals surface area contributed by atoms with Crippen molar-refractivity contribution in [1.29, 1.82) is 0 Å². The molecule has 1 atom stereocenters. The summed E-state index contributed by atoms with van der Waals surface area (Å²) >= 11 is 15.4. The van der Waals surface area contributed by atoms with E-state index in [1.54, 1.807) is 42.3 Å². The minimum Gasteiger partial charge on any atom is -0.497 e. The molecule has 4 rings (SSSR count). The van der Waals surface area contributed by atoms with Crippen LogP contribution in [0, 0.1) is 0 Å². The number of ether oxygens (including phenoxy) is 3. The summed E-state index contributed by atoms with van der Waals surface area (Å²) < 4.78 is 17.8. The molecular formula is C30H31Cl2IN6O5. The highest BCUT2D eigenvalue weighted by atomic mass is 127. The van der Waals surface area contributed by atoms with Crippen molar-refractivity contribution in [2.75, 3.05) is 36.8 Å². The number of alkyl halides is 1. The lowest BCUT2D eigenvalue weighted by Gasteiger charge is -2.14. The van der Waals surface area contributed by atoms with Crippen LogP contribution >= 0.6 is 45.8 Å². The first kappa shape index (κ1) is 33.3. The van der Waals surface area contributed by atoms with Crippen molar-refractivity contribution < 1.29 is 23.8 Å². The molecule has 0 aliphatic carbocycles. The van der Waals surface area contributed by atoms with Gasteiger partial charge in [-0.3, -0.25) is 10.1 Å². The Morgan fingerprint density at radius 1 is 1.00 bits per heavy atom. The van der Waals surface area contributed by atoms with Crippen molar-refractivity contribution in [2.24, 2.45) is 0 Å². The van der Waals surface area contributed by atoms with Gasteiger partial charge in [0.1, 0.15) is 41.4 Å². The van der Waals surface area contributed by atoms with E-state index >= 15 is 0 Å². The van der Waals surface area contributed by atoms with Crippen molar-refractivity contribution in [3.8, 4) is 17.2 Å². The van der Waals surface area contributed by atoms with E-state index in [9.17, 15) is 9.59 Å². The third-order valence-corrected chi connectivity index (χ3v) is 8.33. The molecule has 11 nitrogen and oxygen atoms in total. The number of hydrogen-bond donors (Lipinski definition) is 3. The molecule has 3 amide bonds. The normalized spacial score (nSPS) is 11.5. The zero-order valence-corrected chi connectivity index (χ0v) is 27.9. The van der Waals surface area contributed by atoms with E-state index in [0.717, 1.165) is 29.8 Å². The predicted octanol–water partition coefficient (Wildman–Crippen LogP) is 7.67. The number of benzene rings is 2. The summed E-state index contributed by atoms with van der Waals surface area (Å²) in [6.07, 6.45) is 3.50. The number of halogens is 3. The summed E-state index contributed by atoms with van der Waals surface area (Å²) in [4.78, 5) is 29.0. The van der Waals surface area contributed by atoms with Gasteiger partial charge in [-0.15, -0.1) is 0 Å². The average molecular weight is 753 g/mol. The fourth-order valence-electron chi connectivity index (χ4n) is 4.08. The number of rotatable bonds is 13. The van der Waals surface area contributed by atoms with Crippen LogP contribution in [-0.4, -0.2) is 47.5 Å². The number of nitrogens with one attached hydrogen (secondary N) is 3. The monoisotopic (exact) mass is 752 g/mol. The maximum atomic E-state index is 13.1. The summed E-state index contributed by atoms with van der Waals surface area (Å²) in [5.41, 5.74) is 2.64. The van der Waals surface area contributed by atoms with Crippen LogP contribution in [-0.2, 0) is 16.1 Å². The molecule has 14 heteroatoms. The first-order chi connectivity index (χ1) is 21.2. The van der Waals surface area contributed by atoms with Gasteiger partial charge in [0.2, 0.25) is 0 Å². The molecule has 2 aromatic carbocycles. The molecule has 0 aliphatic heterocycles. The molecule has 0 radical (unpaired) electrons. The van der Waals surface area contributed by atoms with E-state index in [1.165, 1.54) is 7.11 Å². The summed E-state index contributed by atoms with van der Waals surface area (Å²) in [6, 6.07) is 15.3. The number of anilines is 3. The van der Waals surface area contributed by atoms with Gasteiger partial charge in [0, 0.05) is 19.4 Å². The van der Waals surface area contributed by atoms with Crippen molar-refractivity contribution >= 4 is 75.1 Å². The summed E-state index contributed by atoms with van der Waals surface area (Å²) in [6.45, 7) is 2.16. The maximum Gasteiger partial charge on any atom is 0.324 e. The third-order valence-electron chi connectivity index (χ3n) is 6.21. The van der Waals surface area contributed by atoms with Gasteiger partial charge in [0.25, 0.3) is 5.91 Å². The first-order valence-electron chi connectivity index (χ1n) is 13.5. The Bertz CT molecular complexity index is 1600. The molecule has 0 fully saturated rings. The molecule has 2 aromatic heterocycles. The second kappa shape index (κ2) is 15.9. The van der Waals surface area contributed by atoms with Gasteiger partial charge < -0.3 is 24.8 Å². The van der Waals surface area contributed by atoms with Crippen LogP contribution in [0.15, 0.2) is 60.8 Å². The predicted molar refractivity (Wildman–Crippen MR) is 180 cm³/mol. The van der Waals surface area contributed by atoms with Crippen LogP contribution < -0.4 is 25.4 Å². The van der Waals surface area contributed by atoms with Crippen LogP contribution in [0.25, 0.3) is 5.69 Å². The van der Waals surface area contributed by atoms with Gasteiger partial charge in [0.05, 0.1) is 33.1 Å². The summed E-state index contributed by atoms with van der Waals surface area (Å²) in [5.74, 6) is 1.55. The standard InChI is InChI=1S/C30H31Cl2IN6O5/c1-4-5-21(33)23-15-26(39(38-23)19-6-8-20(43-3)9-7-19)37-30(41)35-22-10-11-24(29(32)28(22)31)44-16-18-12-13-34-25(14-18)36-27(40)17-42-2/h6-15,21H,4-5,16-17H2,1-3H3,(H,34,36,40)(H2,35,37,41). The van der Waals surface area contributed by atoms with Crippen LogP contribution in [0.2, 0.25) is 10.0 Å². The van der Waals surface area contributed by atoms with Crippen molar-refractivity contribution in [3.63, 3.8) is 0 Å². The molecule has 1 unspecified atom stereocenters. The SMILES string of the molecule is CCCC(I)c1cc(NC(=O)Nc2ccc(OCc3ccnc(NC(=O)COC)c3)c(Cl)c2Cl)n(-c2ccc(OC)cc2)n1. The highest BCUT2D eigenvalue weighted by Crippen LogP contribution is 2.38. The van der Waals surface area contributed by atoms with Crippen molar-refractivity contribution in [3.05, 3.63) is 82.1 Å². The molecule has 44 heavy (non-hydrogen) atoms. The Balaban J connectivity index is 1.45. The Hall–Kier alpha value is -3.59. The Labute approximate surface area is 278 Å². The van der Waals surface area contributed by atoms with Crippen molar-refractivity contribution in [2.45, 2.75) is 30.3 Å². The van der Waals surface area contributed by atoms with Gasteiger partial charge in [-0.2, -0.15) is 5.10 Å². The number of nitrogens with zero attached hydrogens (tertiary/aromatic N) is 3. The van der Waals surface area contributed by atoms with Gasteiger partial charge in [-0.05, 0) is 60.5 Å². The molecular weight excluding hydrogens is 722 g/mol. The molecule has 0 spiro atoms. The topological polar surface area (TPSA) is 129 Å². The Morgan fingerprint density at radius 3 is 2.48 bits per heavy atom. The van der Waals surface area contributed by atoms with E-state index in [1.807, 2.05) is 30.3 Å². The summed E-state index contributed by atoms with van der Waals surface area (Å²) in [5, 5.41) is 13.3. The minimum atomic E-state index is -0.529. The molecule has 4 aromatic rings. The molecule has 232 valence electrons. The van der Waals surface area contributed by atoms with E-state index < -0.39 is 6.03 Å². The minimum absolute atomic E-state index is 0.0832. The highest BCUT2D eigenvalue weighted by Gasteiger charge is 2.19. The number of pyridine rings is 1. The fourth-order valence-corrected chi connectivity index (χ4v) is 5.43. The van der Waals surface area contributed by atoms with Gasteiger partial charge in [0.15, 0.2) is 0 Å². The third kappa shape index (κ3) is 8.74. The number of aromatic nitrogens is 3. The lowest BCUT2D eigenvalue weighted by atomic mass is 10.2. The number of methoxy groups -OCH3 is 2. The van der Waals surface area contributed by atoms with E-state index in [2.05, 4.69) is 50.4 Å². The second-order valence-corrected chi connectivity index (χ2v) is 11.7. The van der Waals surface area contributed by atoms with Crippen molar-refractivity contribution in [1.82, 2.24) is 14.8 Å². The number of urea groups is 1. The molecule has 0 saturated heterocycles. The fraction of sp³-hybridized carbons (Fsp3) is 0.267. The molecule has 3 N–H and O–H groups in total. The molecule has 2 heterocycles. The highest BCUT2D eigenvalue weighted by molar-refractivity contribution is 14.1. The van der Waals surface area contributed by atoms with E-state index in [4.69, 9.17) is 42.5 Å². The maximum absolute atomic E-state index is 13.1. The number of hydrogen-bond acceptors (Lipinski definition) is 7. The van der Waals surface area contributed by atoms with Crippen LogP contribution in [0.4, 0.5) is 22.1 Å². The Morgan fingerprint density at radius 2 is 1.77 bits per heavy atom. The van der Waals surface area contributed by atoms with E-state index in [0.29, 0.717) is 28.8 Å². The Kier molecular flexibility index (Phi) is 12.1. The second-order valence-electron chi connectivity index (χ2n) is 9.46. The lowest BCUT2D eigenvalue weighted by molar-refractivity contribution is -0.119. The van der Waals surface area contributed by atoms with Gasteiger partial charge in [-0.1, -0.05) is 59.1 Å². The number of amides is 3. The average Bonchev–Trinajstić information content (AvgIpc) is 3.43. The molecule has 0 aliphatic rings. The van der Waals surface area contributed by atoms with E-state index in [-0.39, 0.29) is 33.1 Å². The lowest BCUT2D eigenvalue weighted by Crippen LogP contribution is -2.21. The zero-order valence-electron chi connectivity index (χ0n) is 24.2. The van der Waals surface area contributed by atoms with Gasteiger partial charge >= 0.3 is 6.03 Å². The van der Waals surface area contributed by atoms with Crippen LogP contribution in [0.1, 0.15) is 34.9 Å². The van der Waals surface area contributed by atoms with Gasteiger partial charge in [-0.25, -0.2) is 14.5 Å².